The summed E-state index contributed by atoms with van der Waals surface area (Å²) in [5.74, 6) is -0.980. The van der Waals surface area contributed by atoms with Crippen LogP contribution in [-0.4, -0.2) is 22.5 Å². The van der Waals surface area contributed by atoms with Crippen LogP contribution in [0.2, 0.25) is 0 Å². The summed E-state index contributed by atoms with van der Waals surface area (Å²) in [4.78, 5) is 23.8. The van der Waals surface area contributed by atoms with Gasteiger partial charge in [-0.1, -0.05) is 12.1 Å². The molecule has 4 rings (SSSR count). The summed E-state index contributed by atoms with van der Waals surface area (Å²) in [7, 11) is 0. The molecule has 3 aromatic rings. The third-order valence-corrected chi connectivity index (χ3v) is 6.16. The van der Waals surface area contributed by atoms with Gasteiger partial charge in [-0.2, -0.15) is 0 Å². The summed E-state index contributed by atoms with van der Waals surface area (Å²) in [5.41, 5.74) is 3.78. The molecule has 1 amide bonds. The van der Waals surface area contributed by atoms with Crippen molar-refractivity contribution in [1.82, 2.24) is 5.32 Å². The molecule has 6 nitrogen and oxygen atoms in total. The Morgan fingerprint density at radius 3 is 2.50 bits per heavy atom. The van der Waals surface area contributed by atoms with E-state index < -0.39 is 17.4 Å². The van der Waals surface area contributed by atoms with Crippen LogP contribution in [0.4, 0.5) is 10.1 Å². The molecule has 1 aromatic heterocycles. The number of nitrogens with one attached hydrogen (secondary N) is 2. The van der Waals surface area contributed by atoms with Crippen LogP contribution in [0, 0.1) is 19.7 Å². The van der Waals surface area contributed by atoms with Crippen molar-refractivity contribution >= 4 is 23.6 Å². The number of benzene rings is 2. The molecule has 0 aliphatic heterocycles. The Morgan fingerprint density at radius 1 is 1.12 bits per heavy atom. The Labute approximate surface area is 197 Å². The predicted molar refractivity (Wildman–Crippen MR) is 129 cm³/mol. The van der Waals surface area contributed by atoms with E-state index in [1.807, 2.05) is 38.1 Å². The van der Waals surface area contributed by atoms with Gasteiger partial charge in [-0.25, -0.2) is 9.18 Å². The van der Waals surface area contributed by atoms with Gasteiger partial charge in [0.2, 0.25) is 5.91 Å². The van der Waals surface area contributed by atoms with E-state index in [1.165, 1.54) is 6.07 Å². The minimum absolute atomic E-state index is 0.339. The van der Waals surface area contributed by atoms with Crippen LogP contribution in [0.3, 0.4) is 0 Å². The lowest BCUT2D eigenvalue weighted by Gasteiger charge is -2.15. The average Bonchev–Trinajstić information content (AvgIpc) is 3.39. The van der Waals surface area contributed by atoms with E-state index in [9.17, 15) is 19.1 Å². The van der Waals surface area contributed by atoms with Crippen molar-refractivity contribution in [3.8, 4) is 11.1 Å². The van der Waals surface area contributed by atoms with E-state index in [0.29, 0.717) is 36.2 Å². The largest absolute Gasteiger partial charge is 0.480 e. The van der Waals surface area contributed by atoms with Crippen molar-refractivity contribution in [1.29, 1.82) is 0 Å². The second-order valence-electron chi connectivity index (χ2n) is 8.82. The normalized spacial score (nSPS) is 14.5. The Bertz CT molecular complexity index is 1270. The van der Waals surface area contributed by atoms with Crippen molar-refractivity contribution < 1.29 is 23.5 Å². The molecule has 176 valence electrons. The summed E-state index contributed by atoms with van der Waals surface area (Å²) in [6.07, 6.45) is 4.21. The zero-order valence-electron chi connectivity index (χ0n) is 19.4. The maximum absolute atomic E-state index is 15.0. The molecule has 1 aliphatic carbocycles. The molecule has 0 atom stereocenters. The van der Waals surface area contributed by atoms with Gasteiger partial charge in [0.05, 0.1) is 12.8 Å². The number of furan rings is 1. The Morgan fingerprint density at radius 2 is 1.88 bits per heavy atom. The highest BCUT2D eigenvalue weighted by Gasteiger charge is 2.51. The van der Waals surface area contributed by atoms with Crippen molar-refractivity contribution in [3.05, 3.63) is 82.6 Å². The summed E-state index contributed by atoms with van der Waals surface area (Å²) >= 11 is 0. The van der Waals surface area contributed by atoms with Crippen LogP contribution in [0.15, 0.2) is 58.7 Å². The predicted octanol–water partition coefficient (Wildman–Crippen LogP) is 5.45. The first-order chi connectivity index (χ1) is 16.2. The molecule has 1 heterocycles. The molecular weight excluding hydrogens is 435 g/mol. The molecule has 7 heteroatoms. The monoisotopic (exact) mass is 462 g/mol. The molecule has 1 fully saturated rings. The number of aryl methyl sites for hydroxylation is 2. The van der Waals surface area contributed by atoms with Gasteiger partial charge in [-0.15, -0.1) is 0 Å². The highest BCUT2D eigenvalue weighted by Crippen LogP contribution is 2.36. The lowest BCUT2D eigenvalue weighted by Crippen LogP contribution is -2.43. The molecule has 1 aliphatic rings. The zero-order chi connectivity index (χ0) is 24.5. The molecule has 0 radical (unpaired) electrons. The van der Waals surface area contributed by atoms with Crippen LogP contribution in [0.25, 0.3) is 17.2 Å². The van der Waals surface area contributed by atoms with Gasteiger partial charge in [0, 0.05) is 16.8 Å². The first kappa shape index (κ1) is 23.3. The Balaban J connectivity index is 1.52. The number of hydrogen-bond acceptors (Lipinski definition) is 4. The number of aliphatic carboxylic acids is 1. The fourth-order valence-electron chi connectivity index (χ4n) is 3.86. The summed E-state index contributed by atoms with van der Waals surface area (Å²) in [6, 6.07) is 12.5. The number of anilines is 1. The van der Waals surface area contributed by atoms with Gasteiger partial charge >= 0.3 is 5.97 Å². The number of carboxylic acid groups (broad SMARTS) is 1. The quantitative estimate of drug-likeness (QED) is 0.387. The van der Waals surface area contributed by atoms with E-state index in [0.717, 1.165) is 28.0 Å². The smallest absolute Gasteiger partial charge is 0.329 e. The van der Waals surface area contributed by atoms with E-state index in [1.54, 1.807) is 31.4 Å². The molecule has 0 bridgehead atoms. The van der Waals surface area contributed by atoms with Crippen LogP contribution in [-0.2, 0) is 16.1 Å². The van der Waals surface area contributed by atoms with E-state index in [4.69, 9.17) is 4.42 Å². The third-order valence-electron chi connectivity index (χ3n) is 6.16. The molecule has 0 unspecified atom stereocenters. The first-order valence-electron chi connectivity index (χ1n) is 11.1. The molecule has 34 heavy (non-hydrogen) atoms. The van der Waals surface area contributed by atoms with Gasteiger partial charge in [-0.05, 0) is 92.3 Å². The SMILES string of the molecule is CC(=Cc1cc(C)c(-c2ccc(NCc3ccco3)cc2F)cc1C)C(=O)NC1(C(=O)O)CC1. The van der Waals surface area contributed by atoms with Crippen molar-refractivity contribution in [2.24, 2.45) is 0 Å². The highest BCUT2D eigenvalue weighted by atomic mass is 19.1. The number of carboxylic acids is 1. The summed E-state index contributed by atoms with van der Waals surface area (Å²) < 4.78 is 20.3. The van der Waals surface area contributed by atoms with E-state index >= 15 is 0 Å². The minimum atomic E-state index is -1.13. The Kier molecular flexibility index (Phi) is 6.28. The van der Waals surface area contributed by atoms with Crippen LogP contribution in [0.5, 0.6) is 0 Å². The lowest BCUT2D eigenvalue weighted by molar-refractivity contribution is -0.142. The zero-order valence-corrected chi connectivity index (χ0v) is 19.4. The van der Waals surface area contributed by atoms with Crippen molar-refractivity contribution in [2.45, 2.75) is 45.7 Å². The second kappa shape index (κ2) is 9.17. The number of halogens is 1. The minimum Gasteiger partial charge on any atom is -0.480 e. The topological polar surface area (TPSA) is 91.6 Å². The number of carbonyl (C=O) groups excluding carboxylic acids is 1. The number of amides is 1. The van der Waals surface area contributed by atoms with E-state index in [2.05, 4.69) is 10.6 Å². The van der Waals surface area contributed by atoms with Crippen molar-refractivity contribution in [3.63, 3.8) is 0 Å². The van der Waals surface area contributed by atoms with Crippen LogP contribution in [0.1, 0.15) is 42.2 Å². The van der Waals surface area contributed by atoms with Gasteiger partial charge in [0.15, 0.2) is 0 Å². The van der Waals surface area contributed by atoms with Gasteiger partial charge in [-0.3, -0.25) is 4.79 Å². The number of rotatable bonds is 8. The molecule has 3 N–H and O–H groups in total. The first-order valence-corrected chi connectivity index (χ1v) is 11.1. The summed E-state index contributed by atoms with van der Waals surface area (Å²) in [6.45, 7) is 5.92. The Hall–Kier alpha value is -3.87. The van der Waals surface area contributed by atoms with Crippen LogP contribution < -0.4 is 10.6 Å². The standard InChI is InChI=1S/C27H27FN2O4/c1-16-13-23(22-7-6-20(14-24(22)28)29-15-21-5-4-10-34-21)17(2)11-19(16)12-18(3)25(31)30-27(8-9-27)26(32)33/h4-7,10-14,29H,8-9,15H2,1-3H3,(H,30,31)(H,32,33). The maximum Gasteiger partial charge on any atom is 0.329 e. The van der Waals surface area contributed by atoms with Gasteiger partial charge in [0.1, 0.15) is 17.1 Å². The van der Waals surface area contributed by atoms with Gasteiger partial charge < -0.3 is 20.2 Å². The molecule has 1 saturated carbocycles. The maximum atomic E-state index is 15.0. The fourth-order valence-corrected chi connectivity index (χ4v) is 3.86. The second-order valence-corrected chi connectivity index (χ2v) is 8.82. The van der Waals surface area contributed by atoms with E-state index in [-0.39, 0.29) is 5.82 Å². The highest BCUT2D eigenvalue weighted by molar-refractivity contribution is 6.01. The third kappa shape index (κ3) is 4.88. The summed E-state index contributed by atoms with van der Waals surface area (Å²) in [5, 5.41) is 15.1. The molecule has 0 spiro atoms. The van der Waals surface area contributed by atoms with Crippen molar-refractivity contribution in [2.75, 3.05) is 5.32 Å². The molecule has 2 aromatic carbocycles. The fraction of sp³-hybridized carbons (Fsp3) is 0.259. The van der Waals surface area contributed by atoms with Crippen LogP contribution >= 0.6 is 0 Å². The number of carbonyl (C=O) groups is 2. The molecular formula is C27H27FN2O4. The van der Waals surface area contributed by atoms with Gasteiger partial charge in [0.25, 0.3) is 0 Å². The number of hydrogen-bond donors (Lipinski definition) is 3. The molecule has 0 saturated heterocycles. The average molecular weight is 463 g/mol. The lowest BCUT2D eigenvalue weighted by atomic mass is 9.93.